The third kappa shape index (κ3) is 3.89. The zero-order valence-electron chi connectivity index (χ0n) is 14.6. The molecule has 1 heterocycles. The molecule has 7 nitrogen and oxygen atoms in total. The van der Waals surface area contributed by atoms with Gasteiger partial charge in [0.05, 0.1) is 17.6 Å². The van der Waals surface area contributed by atoms with Crippen LogP contribution in [0.15, 0.2) is 52.1 Å². The zero-order valence-corrected chi connectivity index (χ0v) is 14.6. The molecule has 0 radical (unpaired) electrons. The molecule has 0 saturated heterocycles. The number of aromatic amines is 1. The number of hydrogen-bond acceptors (Lipinski definition) is 4. The van der Waals surface area contributed by atoms with Crippen molar-refractivity contribution in [2.75, 3.05) is 13.2 Å². The average Bonchev–Trinajstić information content (AvgIpc) is 2.67. The Hall–Kier alpha value is -3.42. The van der Waals surface area contributed by atoms with Crippen LogP contribution in [0.1, 0.15) is 17.3 Å². The molecular weight excluding hydrogens is 353 g/mol. The monoisotopic (exact) mass is 371 g/mol. The van der Waals surface area contributed by atoms with Gasteiger partial charge in [-0.15, -0.1) is 0 Å². The number of aromatic nitrogens is 2. The highest BCUT2D eigenvalue weighted by Gasteiger charge is 2.10. The van der Waals surface area contributed by atoms with Crippen LogP contribution in [0.3, 0.4) is 0 Å². The summed E-state index contributed by atoms with van der Waals surface area (Å²) in [7, 11) is 0. The third-order valence-electron chi connectivity index (χ3n) is 4.04. The number of nitrogens with one attached hydrogen (secondary N) is 2. The molecule has 1 aromatic heterocycles. The van der Waals surface area contributed by atoms with Crippen LogP contribution in [-0.2, 0) is 6.54 Å². The lowest BCUT2D eigenvalue weighted by Crippen LogP contribution is -2.36. The number of ether oxygens (including phenoxy) is 1. The molecule has 0 atom stereocenters. The van der Waals surface area contributed by atoms with Crippen molar-refractivity contribution in [3.05, 3.63) is 74.6 Å². The number of halogens is 1. The lowest BCUT2D eigenvalue weighted by molar-refractivity contribution is 0.0947. The quantitative estimate of drug-likeness (QED) is 0.509. The molecule has 0 aliphatic rings. The number of nitrogens with zero attached hydrogens (tertiary/aromatic N) is 1. The Kier molecular flexibility index (Phi) is 5.35. The molecule has 0 bridgehead atoms. The predicted octanol–water partition coefficient (Wildman–Crippen LogP) is 1.66. The maximum absolute atomic E-state index is 13.4. The first-order valence-electron chi connectivity index (χ1n) is 8.43. The smallest absolute Gasteiger partial charge is 0.316 e. The maximum atomic E-state index is 13.4. The molecule has 140 valence electrons. The standard InChI is InChI=1S/C19H18FN3O4/c1-2-23-15-8-7-12(11-14(15)22-18(25)19(23)26)17(24)21-9-10-27-16-6-4-3-5-13(16)20/h3-8,11H,2,9-10H2,1H3,(H,21,24)(H,22,25). The van der Waals surface area contributed by atoms with E-state index < -0.39 is 16.9 Å². The first kappa shape index (κ1) is 18.4. The second-order valence-corrected chi connectivity index (χ2v) is 5.77. The van der Waals surface area contributed by atoms with Crippen LogP contribution in [0, 0.1) is 5.82 Å². The van der Waals surface area contributed by atoms with Crippen molar-refractivity contribution < 1.29 is 13.9 Å². The van der Waals surface area contributed by atoms with Crippen LogP contribution >= 0.6 is 0 Å². The molecule has 1 amide bonds. The van der Waals surface area contributed by atoms with Gasteiger partial charge in [-0.2, -0.15) is 0 Å². The Morgan fingerprint density at radius 1 is 1.22 bits per heavy atom. The van der Waals surface area contributed by atoms with E-state index in [9.17, 15) is 18.8 Å². The summed E-state index contributed by atoms with van der Waals surface area (Å²) in [4.78, 5) is 38.3. The lowest BCUT2D eigenvalue weighted by Gasteiger charge is -2.10. The molecule has 8 heteroatoms. The van der Waals surface area contributed by atoms with Gasteiger partial charge in [0.2, 0.25) is 0 Å². The topological polar surface area (TPSA) is 93.2 Å². The molecular formula is C19H18FN3O4. The first-order chi connectivity index (χ1) is 13.0. The van der Waals surface area contributed by atoms with E-state index in [0.29, 0.717) is 23.1 Å². The van der Waals surface area contributed by atoms with Crippen LogP contribution in [0.25, 0.3) is 11.0 Å². The van der Waals surface area contributed by atoms with Crippen LogP contribution in [0.5, 0.6) is 5.75 Å². The Labute approximate surface area is 153 Å². The van der Waals surface area contributed by atoms with E-state index in [1.807, 2.05) is 0 Å². The summed E-state index contributed by atoms with van der Waals surface area (Å²) in [6.45, 7) is 2.39. The van der Waals surface area contributed by atoms with Crippen molar-refractivity contribution in [3.63, 3.8) is 0 Å². The second kappa shape index (κ2) is 7.86. The summed E-state index contributed by atoms with van der Waals surface area (Å²) < 4.78 is 20.1. The van der Waals surface area contributed by atoms with Gasteiger partial charge in [-0.3, -0.25) is 14.4 Å². The molecule has 3 rings (SSSR count). The van der Waals surface area contributed by atoms with Crippen molar-refractivity contribution in [1.29, 1.82) is 0 Å². The van der Waals surface area contributed by atoms with Crippen molar-refractivity contribution in [2.24, 2.45) is 0 Å². The first-order valence-corrected chi connectivity index (χ1v) is 8.43. The molecule has 0 aliphatic heterocycles. The average molecular weight is 371 g/mol. The minimum atomic E-state index is -0.736. The fourth-order valence-electron chi connectivity index (χ4n) is 2.72. The summed E-state index contributed by atoms with van der Waals surface area (Å²) in [6, 6.07) is 10.7. The SMILES string of the molecule is CCn1c(=O)c(=O)[nH]c2cc(C(=O)NCCOc3ccccc3F)ccc21. The molecule has 2 N–H and O–H groups in total. The number of aryl methyl sites for hydroxylation is 1. The second-order valence-electron chi connectivity index (χ2n) is 5.77. The van der Waals surface area contributed by atoms with E-state index in [1.165, 1.54) is 22.8 Å². The summed E-state index contributed by atoms with van der Waals surface area (Å²) in [5.74, 6) is -0.721. The Bertz CT molecular complexity index is 1100. The number of amides is 1. The van der Waals surface area contributed by atoms with Crippen molar-refractivity contribution in [3.8, 4) is 5.75 Å². The van der Waals surface area contributed by atoms with Crippen molar-refractivity contribution >= 4 is 16.9 Å². The van der Waals surface area contributed by atoms with Crippen molar-refractivity contribution in [1.82, 2.24) is 14.9 Å². The number of para-hydroxylation sites is 1. The third-order valence-corrected chi connectivity index (χ3v) is 4.04. The van der Waals surface area contributed by atoms with Gasteiger partial charge >= 0.3 is 11.1 Å². The number of H-pyrrole nitrogens is 1. The predicted molar refractivity (Wildman–Crippen MR) is 98.7 cm³/mol. The van der Waals surface area contributed by atoms with E-state index in [1.54, 1.807) is 31.2 Å². The number of hydrogen-bond donors (Lipinski definition) is 2. The van der Waals surface area contributed by atoms with Gasteiger partial charge in [0, 0.05) is 12.1 Å². The van der Waals surface area contributed by atoms with E-state index in [-0.39, 0.29) is 24.8 Å². The maximum Gasteiger partial charge on any atom is 0.316 e. The number of carbonyl (C=O) groups is 1. The van der Waals surface area contributed by atoms with E-state index in [4.69, 9.17) is 4.74 Å². The molecule has 0 fully saturated rings. The number of fused-ring (bicyclic) bond motifs is 1. The molecule has 27 heavy (non-hydrogen) atoms. The van der Waals surface area contributed by atoms with Gasteiger partial charge in [0.1, 0.15) is 6.61 Å². The normalized spacial score (nSPS) is 10.7. The molecule has 0 unspecified atom stereocenters. The molecule has 2 aromatic carbocycles. The highest BCUT2D eigenvalue weighted by molar-refractivity contribution is 5.97. The van der Waals surface area contributed by atoms with Gasteiger partial charge in [-0.05, 0) is 37.3 Å². The number of carbonyl (C=O) groups excluding carboxylic acids is 1. The minimum absolute atomic E-state index is 0.104. The van der Waals surface area contributed by atoms with Gasteiger partial charge in [0.15, 0.2) is 11.6 Å². The van der Waals surface area contributed by atoms with Crippen LogP contribution in [-0.4, -0.2) is 28.6 Å². The summed E-state index contributed by atoms with van der Waals surface area (Å²) in [6.07, 6.45) is 0. The van der Waals surface area contributed by atoms with E-state index >= 15 is 0 Å². The van der Waals surface area contributed by atoms with Crippen LogP contribution in [0.4, 0.5) is 4.39 Å². The fourth-order valence-corrected chi connectivity index (χ4v) is 2.72. The van der Waals surface area contributed by atoms with E-state index in [2.05, 4.69) is 10.3 Å². The van der Waals surface area contributed by atoms with Crippen molar-refractivity contribution in [2.45, 2.75) is 13.5 Å². The summed E-state index contributed by atoms with van der Waals surface area (Å²) in [5, 5.41) is 2.66. The Balaban J connectivity index is 1.69. The molecule has 0 spiro atoms. The van der Waals surface area contributed by atoms with Gasteiger partial charge in [-0.1, -0.05) is 12.1 Å². The molecule has 0 aliphatic carbocycles. The zero-order chi connectivity index (χ0) is 19.4. The minimum Gasteiger partial charge on any atom is -0.489 e. The summed E-state index contributed by atoms with van der Waals surface area (Å²) >= 11 is 0. The van der Waals surface area contributed by atoms with Crippen LogP contribution < -0.4 is 21.2 Å². The largest absolute Gasteiger partial charge is 0.489 e. The number of rotatable bonds is 6. The highest BCUT2D eigenvalue weighted by atomic mass is 19.1. The van der Waals surface area contributed by atoms with Gasteiger partial charge < -0.3 is 19.6 Å². The highest BCUT2D eigenvalue weighted by Crippen LogP contribution is 2.15. The van der Waals surface area contributed by atoms with Crippen LogP contribution in [0.2, 0.25) is 0 Å². The Morgan fingerprint density at radius 2 is 2.00 bits per heavy atom. The van der Waals surface area contributed by atoms with Gasteiger partial charge in [-0.25, -0.2) is 4.39 Å². The molecule has 3 aromatic rings. The van der Waals surface area contributed by atoms with E-state index in [0.717, 1.165) is 0 Å². The lowest BCUT2D eigenvalue weighted by atomic mass is 10.1. The fraction of sp³-hybridized carbons (Fsp3) is 0.211. The number of benzene rings is 2. The Morgan fingerprint density at radius 3 is 2.74 bits per heavy atom. The van der Waals surface area contributed by atoms with Gasteiger partial charge in [0.25, 0.3) is 5.91 Å². The summed E-state index contributed by atoms with van der Waals surface area (Å²) in [5.41, 5.74) is -0.101. The molecule has 0 saturated carbocycles.